The van der Waals surface area contributed by atoms with E-state index in [-0.39, 0.29) is 11.8 Å². The van der Waals surface area contributed by atoms with Crippen LogP contribution in [0, 0.1) is 6.92 Å². The summed E-state index contributed by atoms with van der Waals surface area (Å²) in [5, 5.41) is 11.3. The van der Waals surface area contributed by atoms with Gasteiger partial charge in [-0.2, -0.15) is 5.10 Å². The van der Waals surface area contributed by atoms with Crippen molar-refractivity contribution in [2.24, 2.45) is 7.05 Å². The number of anilines is 1. The predicted octanol–water partition coefficient (Wildman–Crippen LogP) is 3.76. The molecule has 1 aromatic carbocycles. The van der Waals surface area contributed by atoms with Crippen LogP contribution in [0.3, 0.4) is 0 Å². The summed E-state index contributed by atoms with van der Waals surface area (Å²) in [6, 6.07) is 8.94. The van der Waals surface area contributed by atoms with Crippen LogP contribution in [0.15, 0.2) is 36.5 Å². The third kappa shape index (κ3) is 4.66. The second-order valence-electron chi connectivity index (χ2n) is 7.38. The smallest absolute Gasteiger partial charge is 0.262 e. The van der Waals surface area contributed by atoms with E-state index in [0.29, 0.717) is 16.4 Å². The van der Waals surface area contributed by atoms with Crippen molar-refractivity contribution in [3.8, 4) is 5.75 Å². The number of hydrogen-bond donors (Lipinski definition) is 2. The zero-order chi connectivity index (χ0) is 22.8. The number of thiophene rings is 1. The Balaban J connectivity index is 1.34. The fraction of sp³-hybridized carbons (Fsp3) is 0.273. The lowest BCUT2D eigenvalue weighted by atomic mass is 10.1. The third-order valence-corrected chi connectivity index (χ3v) is 7.10. The molecule has 3 aromatic heterocycles. The first kappa shape index (κ1) is 22.0. The summed E-state index contributed by atoms with van der Waals surface area (Å²) < 4.78 is 6.93. The zero-order valence-corrected chi connectivity index (χ0v) is 19.8. The minimum Gasteiger partial charge on any atom is -0.497 e. The molecule has 0 saturated carbocycles. The predicted molar refractivity (Wildman–Crippen MR) is 127 cm³/mol. The standard InChI is InChI=1S/C22H23N5O3S2/c1-12-17-10-18(32-21(17)27(3)26-12)20(29)24-13(2)19(28)25-22-23-11-16(31-22)9-14-5-7-15(30-4)8-6-14/h5-8,10-11,13H,9H2,1-4H3,(H,24,29)(H,23,25,28). The van der Waals surface area contributed by atoms with Crippen LogP contribution in [0.2, 0.25) is 0 Å². The number of carbonyl (C=O) groups is 2. The van der Waals surface area contributed by atoms with Crippen molar-refractivity contribution in [3.05, 3.63) is 57.5 Å². The second kappa shape index (κ2) is 9.09. The van der Waals surface area contributed by atoms with Crippen LogP contribution in [0.25, 0.3) is 10.2 Å². The third-order valence-electron chi connectivity index (χ3n) is 4.98. The highest BCUT2D eigenvalue weighted by atomic mass is 32.1. The monoisotopic (exact) mass is 469 g/mol. The number of nitrogens with zero attached hydrogens (tertiary/aromatic N) is 3. The summed E-state index contributed by atoms with van der Waals surface area (Å²) in [5.74, 6) is 0.208. The Kier molecular flexibility index (Phi) is 6.24. The molecule has 2 amide bonds. The summed E-state index contributed by atoms with van der Waals surface area (Å²) in [4.78, 5) is 32.0. The first-order valence-electron chi connectivity index (χ1n) is 9.96. The van der Waals surface area contributed by atoms with Crippen LogP contribution in [-0.4, -0.2) is 39.7 Å². The number of ether oxygens (including phenoxy) is 1. The first-order valence-corrected chi connectivity index (χ1v) is 11.6. The lowest BCUT2D eigenvalue weighted by Gasteiger charge is -2.12. The van der Waals surface area contributed by atoms with Gasteiger partial charge in [-0.3, -0.25) is 14.3 Å². The maximum atomic E-state index is 12.6. The Labute approximate surface area is 193 Å². The lowest BCUT2D eigenvalue weighted by Crippen LogP contribution is -2.41. The molecule has 0 saturated heterocycles. The van der Waals surface area contributed by atoms with Gasteiger partial charge in [0.15, 0.2) is 5.13 Å². The molecule has 0 aliphatic heterocycles. The molecule has 166 valence electrons. The van der Waals surface area contributed by atoms with Gasteiger partial charge in [0.1, 0.15) is 16.6 Å². The molecule has 0 fully saturated rings. The molecule has 0 aliphatic carbocycles. The summed E-state index contributed by atoms with van der Waals surface area (Å²) in [6.07, 6.45) is 2.46. The zero-order valence-electron chi connectivity index (χ0n) is 18.1. The van der Waals surface area contributed by atoms with Gasteiger partial charge in [0, 0.05) is 29.9 Å². The summed E-state index contributed by atoms with van der Waals surface area (Å²) in [5.41, 5.74) is 2.00. The fourth-order valence-corrected chi connectivity index (χ4v) is 5.13. The molecule has 0 aliphatic rings. The van der Waals surface area contributed by atoms with E-state index in [0.717, 1.165) is 32.1 Å². The molecular formula is C22H23N5O3S2. The molecular weight excluding hydrogens is 446 g/mol. The molecule has 10 heteroatoms. The molecule has 0 radical (unpaired) electrons. The topological polar surface area (TPSA) is 98.1 Å². The van der Waals surface area contributed by atoms with Gasteiger partial charge in [0.2, 0.25) is 5.91 Å². The average molecular weight is 470 g/mol. The van der Waals surface area contributed by atoms with E-state index in [1.165, 1.54) is 22.7 Å². The highest BCUT2D eigenvalue weighted by Crippen LogP contribution is 2.27. The van der Waals surface area contributed by atoms with E-state index in [1.54, 1.807) is 24.9 Å². The Hall–Kier alpha value is -3.24. The minimum absolute atomic E-state index is 0.285. The van der Waals surface area contributed by atoms with Gasteiger partial charge in [-0.1, -0.05) is 12.1 Å². The van der Waals surface area contributed by atoms with E-state index in [9.17, 15) is 9.59 Å². The van der Waals surface area contributed by atoms with Gasteiger partial charge in [-0.05, 0) is 37.6 Å². The van der Waals surface area contributed by atoms with Crippen molar-refractivity contribution in [1.29, 1.82) is 0 Å². The normalized spacial score (nSPS) is 12.0. The molecule has 2 N–H and O–H groups in total. The number of fused-ring (bicyclic) bond motifs is 1. The lowest BCUT2D eigenvalue weighted by molar-refractivity contribution is -0.117. The Bertz CT molecular complexity index is 1240. The van der Waals surface area contributed by atoms with Crippen molar-refractivity contribution < 1.29 is 14.3 Å². The number of amides is 2. The highest BCUT2D eigenvalue weighted by Gasteiger charge is 2.20. The van der Waals surface area contributed by atoms with Crippen molar-refractivity contribution in [3.63, 3.8) is 0 Å². The molecule has 3 heterocycles. The van der Waals surface area contributed by atoms with Gasteiger partial charge >= 0.3 is 0 Å². The number of rotatable bonds is 7. The van der Waals surface area contributed by atoms with Gasteiger partial charge < -0.3 is 15.4 Å². The Morgan fingerprint density at radius 3 is 2.66 bits per heavy atom. The number of thiazole rings is 1. The number of benzene rings is 1. The van der Waals surface area contributed by atoms with Crippen LogP contribution in [0.5, 0.6) is 5.75 Å². The van der Waals surface area contributed by atoms with E-state index in [4.69, 9.17) is 4.74 Å². The van der Waals surface area contributed by atoms with E-state index in [2.05, 4.69) is 20.7 Å². The molecule has 0 bridgehead atoms. The van der Waals surface area contributed by atoms with E-state index < -0.39 is 6.04 Å². The second-order valence-corrected chi connectivity index (χ2v) is 9.53. The molecule has 1 unspecified atom stereocenters. The van der Waals surface area contributed by atoms with Gasteiger partial charge in [0.25, 0.3) is 5.91 Å². The van der Waals surface area contributed by atoms with Gasteiger partial charge in [-0.15, -0.1) is 22.7 Å². The maximum Gasteiger partial charge on any atom is 0.262 e. The van der Waals surface area contributed by atoms with Crippen LogP contribution in [-0.2, 0) is 18.3 Å². The molecule has 8 nitrogen and oxygen atoms in total. The number of methoxy groups -OCH3 is 1. The summed E-state index contributed by atoms with van der Waals surface area (Å²) in [7, 11) is 3.48. The molecule has 0 spiro atoms. The maximum absolute atomic E-state index is 12.6. The molecule has 4 rings (SSSR count). The van der Waals surface area contributed by atoms with Crippen LogP contribution >= 0.6 is 22.7 Å². The molecule has 1 atom stereocenters. The number of carbonyl (C=O) groups excluding carboxylic acids is 2. The molecule has 4 aromatic rings. The van der Waals surface area contributed by atoms with Gasteiger partial charge in [0.05, 0.1) is 17.7 Å². The number of nitrogens with one attached hydrogen (secondary N) is 2. The first-order chi connectivity index (χ1) is 15.3. The van der Waals surface area contributed by atoms with Crippen LogP contribution < -0.4 is 15.4 Å². The fourth-order valence-electron chi connectivity index (χ4n) is 3.26. The quantitative estimate of drug-likeness (QED) is 0.430. The van der Waals surface area contributed by atoms with Crippen molar-refractivity contribution in [2.75, 3.05) is 12.4 Å². The van der Waals surface area contributed by atoms with Crippen LogP contribution in [0.4, 0.5) is 5.13 Å². The average Bonchev–Trinajstić information content (AvgIpc) is 3.47. The Morgan fingerprint density at radius 2 is 1.97 bits per heavy atom. The Morgan fingerprint density at radius 1 is 1.22 bits per heavy atom. The number of aryl methyl sites for hydroxylation is 2. The molecule has 32 heavy (non-hydrogen) atoms. The SMILES string of the molecule is COc1ccc(Cc2cnc(NC(=O)C(C)NC(=O)c3cc4c(C)nn(C)c4s3)s2)cc1. The summed E-state index contributed by atoms with van der Waals surface area (Å²) >= 11 is 2.77. The van der Waals surface area contributed by atoms with Crippen molar-refractivity contribution >= 4 is 49.8 Å². The van der Waals surface area contributed by atoms with Gasteiger partial charge in [-0.25, -0.2) is 4.98 Å². The number of hydrogen-bond acceptors (Lipinski definition) is 7. The van der Waals surface area contributed by atoms with Crippen LogP contribution in [0.1, 0.15) is 32.7 Å². The van der Waals surface area contributed by atoms with Crippen molar-refractivity contribution in [2.45, 2.75) is 26.3 Å². The van der Waals surface area contributed by atoms with E-state index >= 15 is 0 Å². The highest BCUT2D eigenvalue weighted by molar-refractivity contribution is 7.20. The van der Waals surface area contributed by atoms with Crippen molar-refractivity contribution in [1.82, 2.24) is 20.1 Å². The van der Waals surface area contributed by atoms with E-state index in [1.807, 2.05) is 44.3 Å². The minimum atomic E-state index is -0.708. The largest absolute Gasteiger partial charge is 0.497 e. The summed E-state index contributed by atoms with van der Waals surface area (Å²) in [6.45, 7) is 3.56. The number of aromatic nitrogens is 3.